The maximum Gasteiger partial charge on any atom is 0.408 e. The van der Waals surface area contributed by atoms with E-state index in [1.165, 1.54) is 0 Å². The summed E-state index contributed by atoms with van der Waals surface area (Å²) in [6.45, 7) is 29.2. The Kier molecular flexibility index (Phi) is 21.8. The predicted octanol–water partition coefficient (Wildman–Crippen LogP) is 5.57. The largest absolute Gasteiger partial charge is 0.480 e. The van der Waals surface area contributed by atoms with Crippen molar-refractivity contribution in [3.05, 3.63) is 41.5 Å². The molecule has 1 aromatic rings. The molecule has 66 heavy (non-hydrogen) atoms. The number of esters is 4. The highest BCUT2D eigenvalue weighted by molar-refractivity contribution is 5.80. The summed E-state index contributed by atoms with van der Waals surface area (Å²) in [5.74, 6) is -2.85. The van der Waals surface area contributed by atoms with Crippen molar-refractivity contribution in [3.8, 4) is 0 Å². The van der Waals surface area contributed by atoms with E-state index in [9.17, 15) is 33.9 Å². The average Bonchev–Trinajstić information content (AvgIpc) is 3.09. The van der Waals surface area contributed by atoms with Gasteiger partial charge in [-0.15, -0.1) is 0 Å². The summed E-state index contributed by atoms with van der Waals surface area (Å²) in [5.41, 5.74) is -1.95. The number of carbonyl (C=O) groups excluding carboxylic acids is 5. The number of alkyl carbamates (subject to hydrolysis) is 1. The molecule has 0 saturated carbocycles. The quantitative estimate of drug-likeness (QED) is 0.164. The van der Waals surface area contributed by atoms with Crippen molar-refractivity contribution in [2.45, 2.75) is 157 Å². The molecule has 1 fully saturated rings. The molecule has 0 spiro atoms. The second-order valence-electron chi connectivity index (χ2n) is 21.9. The van der Waals surface area contributed by atoms with E-state index in [0.29, 0.717) is 52.2 Å². The molecule has 2 rings (SSSR count). The number of nitrogens with one attached hydrogen (secondary N) is 1. The van der Waals surface area contributed by atoms with Crippen LogP contribution in [0.5, 0.6) is 0 Å². The van der Waals surface area contributed by atoms with Crippen molar-refractivity contribution in [2.75, 3.05) is 72.0 Å². The Morgan fingerprint density at radius 3 is 1.36 bits per heavy atom. The van der Waals surface area contributed by atoms with Crippen LogP contribution in [0.25, 0.3) is 6.08 Å². The molecule has 2 atom stereocenters. The molecule has 1 aliphatic rings. The molecule has 2 N–H and O–H groups in total. The molecule has 0 radical (unpaired) electrons. The van der Waals surface area contributed by atoms with Crippen LogP contribution in [0.4, 0.5) is 4.79 Å². The monoisotopic (exact) mass is 932 g/mol. The topological polar surface area (TPSA) is 194 Å². The van der Waals surface area contributed by atoms with Crippen LogP contribution in [0.2, 0.25) is 0 Å². The van der Waals surface area contributed by atoms with Gasteiger partial charge >= 0.3 is 35.9 Å². The molecule has 0 bridgehead atoms. The number of amides is 1. The summed E-state index contributed by atoms with van der Waals surface area (Å²) in [7, 11) is 0. The zero-order chi connectivity index (χ0) is 50.3. The highest BCUT2D eigenvalue weighted by atomic mass is 16.6. The highest BCUT2D eigenvalue weighted by Gasteiger charge is 2.31. The lowest BCUT2D eigenvalue weighted by Crippen LogP contribution is -2.54. The molecule has 17 nitrogen and oxygen atoms in total. The zero-order valence-corrected chi connectivity index (χ0v) is 42.5. The normalized spacial score (nSPS) is 17.8. The Labute approximate surface area is 393 Å². The van der Waals surface area contributed by atoms with Gasteiger partial charge in [-0.25, -0.2) is 9.59 Å². The lowest BCUT2D eigenvalue weighted by atomic mass is 10.0. The van der Waals surface area contributed by atoms with Crippen LogP contribution in [0.1, 0.15) is 121 Å². The summed E-state index contributed by atoms with van der Waals surface area (Å²) in [5, 5.41) is 12.1. The van der Waals surface area contributed by atoms with Gasteiger partial charge in [-0.05, 0) is 128 Å². The second kappa shape index (κ2) is 25.0. The van der Waals surface area contributed by atoms with Gasteiger partial charge in [-0.2, -0.15) is 0 Å². The van der Waals surface area contributed by atoms with E-state index in [4.69, 9.17) is 23.7 Å². The van der Waals surface area contributed by atoms with Crippen molar-refractivity contribution >= 4 is 42.0 Å². The fourth-order valence-corrected chi connectivity index (χ4v) is 6.87. The number of hydrogen-bond acceptors (Lipinski definition) is 15. The van der Waals surface area contributed by atoms with Crippen molar-refractivity contribution in [1.29, 1.82) is 0 Å². The molecule has 1 heterocycles. The molecule has 1 amide bonds. The third-order valence-corrected chi connectivity index (χ3v) is 9.35. The van der Waals surface area contributed by atoms with Gasteiger partial charge in [0.2, 0.25) is 0 Å². The average molecular weight is 932 g/mol. The predicted molar refractivity (Wildman–Crippen MR) is 253 cm³/mol. The van der Waals surface area contributed by atoms with E-state index in [1.54, 1.807) is 32.9 Å². The molecular formula is C49H81N5O12. The number of carboxylic acids is 1. The van der Waals surface area contributed by atoms with Gasteiger partial charge in [0.15, 0.2) is 0 Å². The number of nitrogens with zero attached hydrogens (tertiary/aromatic N) is 4. The first-order chi connectivity index (χ1) is 30.1. The minimum absolute atomic E-state index is 0.00989. The SMILES string of the molecule is CC(C)(C)OC(=O)CN1CCN(CC(=O)OC(C)(C)C)CCN(CC(=O)OC(C)(C)C)C(Cc2ccc(/C=C/C[C@H](NC(=O)OC(C)(C)C)C(=O)O)cc2)CN(CC(=O)OC(C)(C)C)CC1. The van der Waals surface area contributed by atoms with Crippen molar-refractivity contribution in [3.63, 3.8) is 0 Å². The van der Waals surface area contributed by atoms with Crippen molar-refractivity contribution in [2.24, 2.45) is 0 Å². The summed E-state index contributed by atoms with van der Waals surface area (Å²) in [6, 6.07) is 6.12. The number of benzene rings is 1. The van der Waals surface area contributed by atoms with Crippen LogP contribution in [-0.4, -0.2) is 173 Å². The van der Waals surface area contributed by atoms with Crippen LogP contribution < -0.4 is 5.32 Å². The van der Waals surface area contributed by atoms with Crippen LogP contribution in [0, 0.1) is 0 Å². The molecule has 17 heteroatoms. The first kappa shape index (κ1) is 57.5. The number of aliphatic carboxylic acids is 1. The van der Waals surface area contributed by atoms with Crippen molar-refractivity contribution in [1.82, 2.24) is 24.9 Å². The second-order valence-corrected chi connectivity index (χ2v) is 21.9. The Morgan fingerprint density at radius 1 is 0.576 bits per heavy atom. The first-order valence-electron chi connectivity index (χ1n) is 22.9. The van der Waals surface area contributed by atoms with E-state index >= 15 is 0 Å². The molecular weight excluding hydrogens is 851 g/mol. The molecule has 1 unspecified atom stereocenters. The Morgan fingerprint density at radius 2 is 0.955 bits per heavy atom. The third kappa shape index (κ3) is 26.5. The summed E-state index contributed by atoms with van der Waals surface area (Å²) >= 11 is 0. The van der Waals surface area contributed by atoms with Crippen LogP contribution in [0.3, 0.4) is 0 Å². The minimum Gasteiger partial charge on any atom is -0.480 e. The maximum absolute atomic E-state index is 13.7. The Balaban J connectivity index is 2.61. The molecule has 0 aromatic heterocycles. The number of carboxylic acid groups (broad SMARTS) is 1. The molecule has 1 aromatic carbocycles. The van der Waals surface area contributed by atoms with Gasteiger partial charge in [-0.1, -0.05) is 36.4 Å². The number of rotatable bonds is 15. The van der Waals surface area contributed by atoms with E-state index in [2.05, 4.69) is 5.32 Å². The summed E-state index contributed by atoms with van der Waals surface area (Å²) in [4.78, 5) is 85.8. The van der Waals surface area contributed by atoms with Crippen LogP contribution >= 0.6 is 0 Å². The Hall–Kier alpha value is -4.58. The molecule has 374 valence electrons. The lowest BCUT2D eigenvalue weighted by Gasteiger charge is -2.39. The van der Waals surface area contributed by atoms with Gasteiger partial charge in [0.05, 0.1) is 26.2 Å². The van der Waals surface area contributed by atoms with Crippen molar-refractivity contribution < 1.29 is 57.6 Å². The first-order valence-corrected chi connectivity index (χ1v) is 22.9. The standard InChI is InChI=1S/C49H81N5O12/c1-45(2,3)62-39(55)31-51-23-24-52(32-40(56)63-46(4,5)6)27-28-54(34-42(58)65-48(10,11)12)37(30-53(26-25-51)33-41(57)64-47(7,8)9)29-36-21-19-35(20-22-36)17-16-18-38(43(59)60)50-44(61)66-49(13,14)15/h16-17,19-22,37-38H,18,23-34H2,1-15H3,(H,50,61)(H,59,60)/b17-16+/t37?,38-/m0/s1. The smallest absolute Gasteiger partial charge is 0.408 e. The third-order valence-electron chi connectivity index (χ3n) is 9.35. The van der Waals surface area contributed by atoms with E-state index < -0.39 is 70.0 Å². The van der Waals surface area contributed by atoms with E-state index in [1.807, 2.05) is 127 Å². The van der Waals surface area contributed by atoms with E-state index in [-0.39, 0.29) is 38.6 Å². The van der Waals surface area contributed by atoms with Gasteiger partial charge in [0, 0.05) is 51.9 Å². The molecule has 1 saturated heterocycles. The molecule has 1 aliphatic heterocycles. The molecule has 0 aliphatic carbocycles. The fourth-order valence-electron chi connectivity index (χ4n) is 6.87. The zero-order valence-electron chi connectivity index (χ0n) is 42.5. The summed E-state index contributed by atoms with van der Waals surface area (Å²) in [6.07, 6.45) is 3.08. The minimum atomic E-state index is -1.20. The van der Waals surface area contributed by atoms with E-state index in [0.717, 1.165) is 11.1 Å². The van der Waals surface area contributed by atoms with Crippen LogP contribution in [0.15, 0.2) is 30.3 Å². The number of ether oxygens (including phenoxy) is 5. The van der Waals surface area contributed by atoms with Crippen LogP contribution in [-0.2, 0) is 54.1 Å². The van der Waals surface area contributed by atoms with Gasteiger partial charge in [0.1, 0.15) is 34.0 Å². The fraction of sp³-hybridized carbons (Fsp3) is 0.714. The summed E-state index contributed by atoms with van der Waals surface area (Å²) < 4.78 is 28.3. The maximum atomic E-state index is 13.7. The lowest BCUT2D eigenvalue weighted by molar-refractivity contribution is -0.160. The Bertz CT molecular complexity index is 1780. The van der Waals surface area contributed by atoms with Gasteiger partial charge in [0.25, 0.3) is 0 Å². The number of carbonyl (C=O) groups is 6. The number of hydrogen-bond donors (Lipinski definition) is 2. The highest BCUT2D eigenvalue weighted by Crippen LogP contribution is 2.18. The van der Waals surface area contributed by atoms with Gasteiger partial charge < -0.3 is 34.1 Å². The van der Waals surface area contributed by atoms with Gasteiger partial charge in [-0.3, -0.25) is 38.8 Å².